The van der Waals surface area contributed by atoms with E-state index in [1.165, 1.54) is 33.0 Å². The molecular formula is C18H28N2O3. The van der Waals surface area contributed by atoms with Gasteiger partial charge in [0.25, 0.3) is 5.91 Å². The van der Waals surface area contributed by atoms with E-state index in [2.05, 4.69) is 10.2 Å². The van der Waals surface area contributed by atoms with Crippen molar-refractivity contribution in [3.8, 4) is 5.75 Å². The molecule has 1 fully saturated rings. The Morgan fingerprint density at radius 1 is 1.22 bits per heavy atom. The SMILES string of the molecule is COC(C)(C)C(=O)Nc1ccc(OCCCN2CCCC2)cc1. The zero-order valence-corrected chi connectivity index (χ0v) is 14.4. The van der Waals surface area contributed by atoms with E-state index in [4.69, 9.17) is 9.47 Å². The number of carbonyl (C=O) groups excluding carboxylic acids is 1. The molecule has 0 atom stereocenters. The molecule has 1 aliphatic rings. The first-order chi connectivity index (χ1) is 11.0. The van der Waals surface area contributed by atoms with Crippen molar-refractivity contribution in [2.24, 2.45) is 0 Å². The van der Waals surface area contributed by atoms with Crippen LogP contribution in [0.15, 0.2) is 24.3 Å². The number of amides is 1. The van der Waals surface area contributed by atoms with Crippen molar-refractivity contribution in [2.75, 3.05) is 38.7 Å². The van der Waals surface area contributed by atoms with E-state index in [0.717, 1.165) is 31.0 Å². The van der Waals surface area contributed by atoms with Gasteiger partial charge in [-0.05, 0) is 70.5 Å². The number of methoxy groups -OCH3 is 1. The lowest BCUT2D eigenvalue weighted by Crippen LogP contribution is -2.38. The van der Waals surface area contributed by atoms with Crippen LogP contribution in [-0.4, -0.2) is 49.8 Å². The summed E-state index contributed by atoms with van der Waals surface area (Å²) in [4.78, 5) is 14.5. The summed E-state index contributed by atoms with van der Waals surface area (Å²) >= 11 is 0. The van der Waals surface area contributed by atoms with Gasteiger partial charge in [-0.1, -0.05) is 0 Å². The van der Waals surface area contributed by atoms with E-state index >= 15 is 0 Å². The Hall–Kier alpha value is -1.59. The second-order valence-electron chi connectivity index (χ2n) is 6.44. The van der Waals surface area contributed by atoms with Crippen LogP contribution in [0, 0.1) is 0 Å². The molecule has 0 saturated carbocycles. The predicted octanol–water partition coefficient (Wildman–Crippen LogP) is 2.91. The van der Waals surface area contributed by atoms with Gasteiger partial charge >= 0.3 is 0 Å². The van der Waals surface area contributed by atoms with Crippen LogP contribution in [-0.2, 0) is 9.53 Å². The summed E-state index contributed by atoms with van der Waals surface area (Å²) < 4.78 is 10.9. The number of anilines is 1. The van der Waals surface area contributed by atoms with E-state index in [-0.39, 0.29) is 5.91 Å². The van der Waals surface area contributed by atoms with Gasteiger partial charge in [-0.3, -0.25) is 4.79 Å². The van der Waals surface area contributed by atoms with Crippen molar-refractivity contribution < 1.29 is 14.3 Å². The minimum absolute atomic E-state index is 0.167. The minimum Gasteiger partial charge on any atom is -0.494 e. The summed E-state index contributed by atoms with van der Waals surface area (Å²) in [6.07, 6.45) is 3.70. The fourth-order valence-corrected chi connectivity index (χ4v) is 2.49. The summed E-state index contributed by atoms with van der Waals surface area (Å²) in [7, 11) is 1.53. The lowest BCUT2D eigenvalue weighted by molar-refractivity contribution is -0.133. The number of ether oxygens (including phenoxy) is 2. The number of benzene rings is 1. The van der Waals surface area contributed by atoms with E-state index in [1.54, 1.807) is 13.8 Å². The summed E-state index contributed by atoms with van der Waals surface area (Å²) in [6, 6.07) is 7.45. The molecule has 0 bridgehead atoms. The maximum atomic E-state index is 12.0. The van der Waals surface area contributed by atoms with Gasteiger partial charge in [0.1, 0.15) is 11.4 Å². The standard InChI is InChI=1S/C18H28N2O3/c1-18(2,22-3)17(21)19-15-7-9-16(10-8-15)23-14-6-13-20-11-4-5-12-20/h7-10H,4-6,11-14H2,1-3H3,(H,19,21). The first-order valence-electron chi connectivity index (χ1n) is 8.33. The number of nitrogens with zero attached hydrogens (tertiary/aromatic N) is 1. The average Bonchev–Trinajstić information content (AvgIpc) is 3.06. The Bertz CT molecular complexity index is 493. The van der Waals surface area contributed by atoms with Crippen molar-refractivity contribution in [3.63, 3.8) is 0 Å². The van der Waals surface area contributed by atoms with Gasteiger partial charge in [0.2, 0.25) is 0 Å². The van der Waals surface area contributed by atoms with Crippen LogP contribution >= 0.6 is 0 Å². The lowest BCUT2D eigenvalue weighted by atomic mass is 10.1. The fraction of sp³-hybridized carbons (Fsp3) is 0.611. The molecule has 23 heavy (non-hydrogen) atoms. The van der Waals surface area contributed by atoms with Gasteiger partial charge in [0, 0.05) is 19.3 Å². The average molecular weight is 320 g/mol. The van der Waals surface area contributed by atoms with Gasteiger partial charge in [0.05, 0.1) is 6.61 Å². The number of hydrogen-bond donors (Lipinski definition) is 1. The summed E-state index contributed by atoms with van der Waals surface area (Å²) in [5.74, 6) is 0.662. The van der Waals surface area contributed by atoms with Gasteiger partial charge < -0.3 is 19.7 Å². The highest BCUT2D eigenvalue weighted by atomic mass is 16.5. The van der Waals surface area contributed by atoms with E-state index < -0.39 is 5.60 Å². The largest absolute Gasteiger partial charge is 0.494 e. The van der Waals surface area contributed by atoms with E-state index in [9.17, 15) is 4.79 Å². The molecule has 1 aromatic rings. The number of nitrogens with one attached hydrogen (secondary N) is 1. The molecule has 1 aromatic carbocycles. The third kappa shape index (κ3) is 5.52. The molecule has 0 radical (unpaired) electrons. The number of carbonyl (C=O) groups is 1. The van der Waals surface area contributed by atoms with Gasteiger partial charge in [-0.25, -0.2) is 0 Å². The maximum absolute atomic E-state index is 12.0. The van der Waals surface area contributed by atoms with Crippen molar-refractivity contribution in [1.29, 1.82) is 0 Å². The van der Waals surface area contributed by atoms with Crippen molar-refractivity contribution in [3.05, 3.63) is 24.3 Å². The van der Waals surface area contributed by atoms with Crippen LogP contribution in [0.4, 0.5) is 5.69 Å². The topological polar surface area (TPSA) is 50.8 Å². The van der Waals surface area contributed by atoms with Crippen molar-refractivity contribution in [2.45, 2.75) is 38.7 Å². The molecule has 1 aliphatic heterocycles. The summed E-state index contributed by atoms with van der Waals surface area (Å²) in [5.41, 5.74) is -0.102. The van der Waals surface area contributed by atoms with Gasteiger partial charge in [0.15, 0.2) is 0 Å². The highest BCUT2D eigenvalue weighted by Gasteiger charge is 2.26. The first-order valence-corrected chi connectivity index (χ1v) is 8.33. The molecular weight excluding hydrogens is 292 g/mol. The molecule has 5 heteroatoms. The normalized spacial score (nSPS) is 15.6. The van der Waals surface area contributed by atoms with E-state index in [0.29, 0.717) is 0 Å². The molecule has 0 spiro atoms. The first kappa shape index (κ1) is 17.8. The van der Waals surface area contributed by atoms with Crippen LogP contribution < -0.4 is 10.1 Å². The third-order valence-electron chi connectivity index (χ3n) is 4.26. The minimum atomic E-state index is -0.843. The zero-order chi connectivity index (χ0) is 16.7. The highest BCUT2D eigenvalue weighted by Crippen LogP contribution is 2.18. The van der Waals surface area contributed by atoms with Crippen LogP contribution in [0.1, 0.15) is 33.1 Å². The Labute approximate surface area is 139 Å². The Morgan fingerprint density at radius 2 is 1.87 bits per heavy atom. The van der Waals surface area contributed by atoms with Crippen molar-refractivity contribution >= 4 is 11.6 Å². The molecule has 1 saturated heterocycles. The predicted molar refractivity (Wildman–Crippen MR) is 91.9 cm³/mol. The second-order valence-corrected chi connectivity index (χ2v) is 6.44. The van der Waals surface area contributed by atoms with Crippen LogP contribution in [0.3, 0.4) is 0 Å². The number of rotatable bonds is 8. The fourth-order valence-electron chi connectivity index (χ4n) is 2.49. The molecule has 128 valence electrons. The van der Waals surface area contributed by atoms with Crippen LogP contribution in [0.25, 0.3) is 0 Å². The van der Waals surface area contributed by atoms with Crippen LogP contribution in [0.2, 0.25) is 0 Å². The van der Waals surface area contributed by atoms with Crippen LogP contribution in [0.5, 0.6) is 5.75 Å². The zero-order valence-electron chi connectivity index (χ0n) is 14.4. The third-order valence-corrected chi connectivity index (χ3v) is 4.26. The molecule has 0 aliphatic carbocycles. The summed E-state index contributed by atoms with van der Waals surface area (Å²) in [5, 5.41) is 2.84. The molecule has 0 unspecified atom stereocenters. The van der Waals surface area contributed by atoms with Crippen molar-refractivity contribution in [1.82, 2.24) is 4.90 Å². The monoisotopic (exact) mass is 320 g/mol. The quantitative estimate of drug-likeness (QED) is 0.748. The molecule has 5 nitrogen and oxygen atoms in total. The maximum Gasteiger partial charge on any atom is 0.256 e. The second kappa shape index (κ2) is 8.31. The summed E-state index contributed by atoms with van der Waals surface area (Å²) in [6.45, 7) is 7.76. The molecule has 1 heterocycles. The number of likely N-dealkylation sites (tertiary alicyclic amines) is 1. The van der Waals surface area contributed by atoms with E-state index in [1.807, 2.05) is 24.3 Å². The highest BCUT2D eigenvalue weighted by molar-refractivity contribution is 5.96. The Morgan fingerprint density at radius 3 is 2.48 bits per heavy atom. The lowest BCUT2D eigenvalue weighted by Gasteiger charge is -2.21. The van der Waals surface area contributed by atoms with Gasteiger partial charge in [-0.2, -0.15) is 0 Å². The molecule has 1 amide bonds. The number of hydrogen-bond acceptors (Lipinski definition) is 4. The Balaban J connectivity index is 1.72. The Kier molecular flexibility index (Phi) is 6.42. The molecule has 2 rings (SSSR count). The molecule has 0 aromatic heterocycles. The smallest absolute Gasteiger partial charge is 0.256 e. The molecule has 1 N–H and O–H groups in total. The van der Waals surface area contributed by atoms with Gasteiger partial charge in [-0.15, -0.1) is 0 Å².